The second kappa shape index (κ2) is 7.32. The third-order valence-electron chi connectivity index (χ3n) is 4.43. The average molecular weight is 319 g/mol. The van der Waals surface area contributed by atoms with E-state index in [1.807, 2.05) is 43.0 Å². The Morgan fingerprint density at radius 2 is 2.04 bits per heavy atom. The van der Waals surface area contributed by atoms with Gasteiger partial charge in [-0.05, 0) is 51.0 Å². The van der Waals surface area contributed by atoms with E-state index in [9.17, 15) is 4.79 Å². The van der Waals surface area contributed by atoms with Gasteiger partial charge in [0.05, 0.1) is 24.9 Å². The SMILES string of the molecule is C[C@@H]1CN(C(=O)c2ccc(OC[C@H]3CCCO3)cc2)[C@@H](C)CO1. The number of amides is 1. The zero-order valence-corrected chi connectivity index (χ0v) is 13.9. The van der Waals surface area contributed by atoms with E-state index in [2.05, 4.69) is 0 Å². The quantitative estimate of drug-likeness (QED) is 0.855. The maximum absolute atomic E-state index is 12.6. The lowest BCUT2D eigenvalue weighted by Crippen LogP contribution is -2.50. The summed E-state index contributed by atoms with van der Waals surface area (Å²) in [7, 11) is 0. The summed E-state index contributed by atoms with van der Waals surface area (Å²) in [6.45, 7) is 6.65. The maximum Gasteiger partial charge on any atom is 0.254 e. The number of hydrogen-bond acceptors (Lipinski definition) is 4. The van der Waals surface area contributed by atoms with Gasteiger partial charge < -0.3 is 19.1 Å². The molecule has 5 nitrogen and oxygen atoms in total. The van der Waals surface area contributed by atoms with E-state index >= 15 is 0 Å². The third kappa shape index (κ3) is 4.03. The van der Waals surface area contributed by atoms with E-state index in [1.54, 1.807) is 0 Å². The van der Waals surface area contributed by atoms with Crippen molar-refractivity contribution < 1.29 is 19.0 Å². The van der Waals surface area contributed by atoms with Gasteiger partial charge in [0.1, 0.15) is 12.4 Å². The van der Waals surface area contributed by atoms with Gasteiger partial charge in [0, 0.05) is 18.7 Å². The molecule has 5 heteroatoms. The molecule has 2 aliphatic rings. The number of morpholine rings is 1. The average Bonchev–Trinajstić information content (AvgIpc) is 3.08. The van der Waals surface area contributed by atoms with Crippen LogP contribution in [0.15, 0.2) is 24.3 Å². The molecule has 2 saturated heterocycles. The predicted octanol–water partition coefficient (Wildman–Crippen LogP) is 2.49. The van der Waals surface area contributed by atoms with E-state index in [-0.39, 0.29) is 24.2 Å². The Hall–Kier alpha value is -1.59. The Balaban J connectivity index is 1.58. The summed E-state index contributed by atoms with van der Waals surface area (Å²) in [5.74, 6) is 0.832. The number of carbonyl (C=O) groups excluding carboxylic acids is 1. The number of carbonyl (C=O) groups is 1. The summed E-state index contributed by atoms with van der Waals surface area (Å²) >= 11 is 0. The second-order valence-corrected chi connectivity index (χ2v) is 6.42. The van der Waals surface area contributed by atoms with Crippen LogP contribution < -0.4 is 4.74 Å². The molecule has 0 N–H and O–H groups in total. The van der Waals surface area contributed by atoms with Crippen LogP contribution in [0.2, 0.25) is 0 Å². The highest BCUT2D eigenvalue weighted by atomic mass is 16.5. The molecule has 23 heavy (non-hydrogen) atoms. The molecule has 0 spiro atoms. The second-order valence-electron chi connectivity index (χ2n) is 6.42. The minimum Gasteiger partial charge on any atom is -0.491 e. The summed E-state index contributed by atoms with van der Waals surface area (Å²) in [5, 5.41) is 0. The first-order valence-corrected chi connectivity index (χ1v) is 8.40. The van der Waals surface area contributed by atoms with Crippen molar-refractivity contribution in [2.75, 3.05) is 26.4 Å². The van der Waals surface area contributed by atoms with Crippen LogP contribution in [0, 0.1) is 0 Å². The van der Waals surface area contributed by atoms with Crippen molar-refractivity contribution >= 4 is 5.91 Å². The van der Waals surface area contributed by atoms with E-state index in [0.717, 1.165) is 25.2 Å². The fourth-order valence-corrected chi connectivity index (χ4v) is 3.01. The maximum atomic E-state index is 12.6. The van der Waals surface area contributed by atoms with E-state index in [0.29, 0.717) is 25.3 Å². The van der Waals surface area contributed by atoms with Gasteiger partial charge in [0.2, 0.25) is 0 Å². The summed E-state index contributed by atoms with van der Waals surface area (Å²) in [6.07, 6.45) is 2.46. The molecule has 0 saturated carbocycles. The highest BCUT2D eigenvalue weighted by Crippen LogP contribution is 2.19. The number of rotatable bonds is 4. The number of benzene rings is 1. The van der Waals surface area contributed by atoms with Crippen molar-refractivity contribution in [2.45, 2.75) is 44.9 Å². The molecule has 2 aliphatic heterocycles. The van der Waals surface area contributed by atoms with Gasteiger partial charge in [-0.25, -0.2) is 0 Å². The Labute approximate surface area is 137 Å². The molecular formula is C18H25NO4. The lowest BCUT2D eigenvalue weighted by atomic mass is 10.1. The molecular weight excluding hydrogens is 294 g/mol. The molecule has 0 radical (unpaired) electrons. The van der Waals surface area contributed by atoms with Crippen LogP contribution >= 0.6 is 0 Å². The lowest BCUT2D eigenvalue weighted by molar-refractivity contribution is -0.0387. The first-order chi connectivity index (χ1) is 11.1. The first-order valence-electron chi connectivity index (χ1n) is 8.40. The lowest BCUT2D eigenvalue weighted by Gasteiger charge is -2.36. The van der Waals surface area contributed by atoms with Crippen molar-refractivity contribution in [1.29, 1.82) is 0 Å². The Morgan fingerprint density at radius 3 is 2.74 bits per heavy atom. The monoisotopic (exact) mass is 319 g/mol. The topological polar surface area (TPSA) is 48.0 Å². The van der Waals surface area contributed by atoms with Gasteiger partial charge in [-0.15, -0.1) is 0 Å². The number of nitrogens with zero attached hydrogens (tertiary/aromatic N) is 1. The van der Waals surface area contributed by atoms with Crippen molar-refractivity contribution in [2.24, 2.45) is 0 Å². The van der Waals surface area contributed by atoms with Crippen molar-refractivity contribution in [3.63, 3.8) is 0 Å². The molecule has 126 valence electrons. The molecule has 3 rings (SSSR count). The van der Waals surface area contributed by atoms with Crippen LogP contribution in [0.3, 0.4) is 0 Å². The van der Waals surface area contributed by atoms with E-state index < -0.39 is 0 Å². The molecule has 0 unspecified atom stereocenters. The molecule has 3 atom stereocenters. The summed E-state index contributed by atoms with van der Waals surface area (Å²) in [6, 6.07) is 7.49. The molecule has 2 heterocycles. The zero-order chi connectivity index (χ0) is 16.2. The molecule has 2 fully saturated rings. The smallest absolute Gasteiger partial charge is 0.254 e. The van der Waals surface area contributed by atoms with Gasteiger partial charge in [-0.3, -0.25) is 4.79 Å². The molecule has 1 aromatic rings. The Morgan fingerprint density at radius 1 is 1.26 bits per heavy atom. The fourth-order valence-electron chi connectivity index (χ4n) is 3.01. The summed E-state index contributed by atoms with van der Waals surface area (Å²) in [5.41, 5.74) is 0.690. The van der Waals surface area contributed by atoms with Gasteiger partial charge in [0.15, 0.2) is 0 Å². The van der Waals surface area contributed by atoms with Crippen LogP contribution in [0.5, 0.6) is 5.75 Å². The first kappa shape index (κ1) is 16.3. The minimum atomic E-state index is 0.0540. The zero-order valence-electron chi connectivity index (χ0n) is 13.9. The van der Waals surface area contributed by atoms with Gasteiger partial charge in [-0.2, -0.15) is 0 Å². The normalized spacial score (nSPS) is 27.9. The minimum absolute atomic E-state index is 0.0540. The number of hydrogen-bond donors (Lipinski definition) is 0. The van der Waals surface area contributed by atoms with Crippen molar-refractivity contribution in [3.05, 3.63) is 29.8 Å². The molecule has 0 aromatic heterocycles. The van der Waals surface area contributed by atoms with Gasteiger partial charge in [-0.1, -0.05) is 0 Å². The molecule has 1 amide bonds. The Bertz CT molecular complexity index is 524. The van der Waals surface area contributed by atoms with Crippen LogP contribution in [-0.2, 0) is 9.47 Å². The highest BCUT2D eigenvalue weighted by Gasteiger charge is 2.28. The van der Waals surface area contributed by atoms with Gasteiger partial charge >= 0.3 is 0 Å². The fraction of sp³-hybridized carbons (Fsp3) is 0.611. The molecule has 0 aliphatic carbocycles. The van der Waals surface area contributed by atoms with Crippen LogP contribution in [-0.4, -0.2) is 55.4 Å². The third-order valence-corrected chi connectivity index (χ3v) is 4.43. The van der Waals surface area contributed by atoms with Crippen LogP contribution in [0.4, 0.5) is 0 Å². The standard InChI is InChI=1S/C18H25NO4/c1-13-11-22-14(2)10-19(13)18(20)15-5-7-16(8-6-15)23-12-17-4-3-9-21-17/h5-8,13-14,17H,3-4,9-12H2,1-2H3/t13-,14+,17+/m0/s1. The van der Waals surface area contributed by atoms with Gasteiger partial charge in [0.25, 0.3) is 5.91 Å². The largest absolute Gasteiger partial charge is 0.491 e. The van der Waals surface area contributed by atoms with E-state index in [1.165, 1.54) is 0 Å². The number of ether oxygens (including phenoxy) is 3. The van der Waals surface area contributed by atoms with Crippen molar-refractivity contribution in [3.8, 4) is 5.75 Å². The van der Waals surface area contributed by atoms with Crippen LogP contribution in [0.25, 0.3) is 0 Å². The summed E-state index contributed by atoms with van der Waals surface area (Å²) < 4.78 is 16.9. The molecule has 0 bridgehead atoms. The van der Waals surface area contributed by atoms with Crippen LogP contribution in [0.1, 0.15) is 37.0 Å². The van der Waals surface area contributed by atoms with Crippen molar-refractivity contribution in [1.82, 2.24) is 4.90 Å². The highest BCUT2D eigenvalue weighted by molar-refractivity contribution is 5.94. The molecule has 1 aromatic carbocycles. The Kier molecular flexibility index (Phi) is 5.18. The van der Waals surface area contributed by atoms with E-state index in [4.69, 9.17) is 14.2 Å². The summed E-state index contributed by atoms with van der Waals surface area (Å²) in [4.78, 5) is 14.5. The predicted molar refractivity (Wildman–Crippen MR) is 86.8 cm³/mol.